The van der Waals surface area contributed by atoms with Gasteiger partial charge in [-0.1, -0.05) is 0 Å². The zero-order valence-corrected chi connectivity index (χ0v) is 10.4. The number of carbonyl (C=O) groups excluding carboxylic acids is 3. The van der Waals surface area contributed by atoms with Crippen molar-refractivity contribution in [1.29, 1.82) is 0 Å². The van der Waals surface area contributed by atoms with E-state index in [2.05, 4.69) is 4.74 Å². The van der Waals surface area contributed by atoms with Crippen LogP contribution in [0.25, 0.3) is 0 Å². The third-order valence-corrected chi connectivity index (χ3v) is 1.65. The summed E-state index contributed by atoms with van der Waals surface area (Å²) in [6, 6.07) is 0. The van der Waals surface area contributed by atoms with Gasteiger partial charge >= 0.3 is 11.9 Å². The molecule has 6 nitrogen and oxygen atoms in total. The Labute approximate surface area is 99.9 Å². The number of ether oxygens (including phenoxy) is 2. The molecule has 6 heteroatoms. The van der Waals surface area contributed by atoms with Gasteiger partial charge in [0.15, 0.2) is 0 Å². The summed E-state index contributed by atoms with van der Waals surface area (Å²) in [6.07, 6.45) is -0.585. The lowest BCUT2D eigenvalue weighted by Gasteiger charge is -2.22. The molecule has 0 amide bonds. The Balaban J connectivity index is 4.51. The highest BCUT2D eigenvalue weighted by Crippen LogP contribution is 2.12. The van der Waals surface area contributed by atoms with Gasteiger partial charge in [-0.3, -0.25) is 9.59 Å². The predicted molar refractivity (Wildman–Crippen MR) is 55.6 cm³/mol. The highest BCUT2D eigenvalue weighted by atomic mass is 16.6. The van der Waals surface area contributed by atoms with Crippen molar-refractivity contribution in [3.63, 3.8) is 0 Å². The Morgan fingerprint density at radius 3 is 2.12 bits per heavy atom. The average Bonchev–Trinajstić information content (AvgIpc) is 2.11. The molecule has 0 saturated heterocycles. The van der Waals surface area contributed by atoms with Crippen LogP contribution in [0.2, 0.25) is 0 Å². The standard InChI is InChI=1S/C11H18O6/c1-5-16-10(15)7(9(13)14)6-8(12)17-11(2,3)4/h7H,5-6H2,1-4H3,(H,13,14)/p-1. The molecule has 0 saturated carbocycles. The highest BCUT2D eigenvalue weighted by molar-refractivity contribution is 5.96. The molecule has 0 N–H and O–H groups in total. The first-order valence-electron chi connectivity index (χ1n) is 5.26. The first-order chi connectivity index (χ1) is 7.67. The van der Waals surface area contributed by atoms with Crippen LogP contribution < -0.4 is 5.11 Å². The molecule has 0 heterocycles. The maximum absolute atomic E-state index is 11.4. The van der Waals surface area contributed by atoms with Gasteiger partial charge in [-0.15, -0.1) is 0 Å². The molecule has 0 spiro atoms. The van der Waals surface area contributed by atoms with Crippen LogP contribution in [0.5, 0.6) is 0 Å². The molecular formula is C11H17O6-. The quantitative estimate of drug-likeness (QED) is 0.485. The van der Waals surface area contributed by atoms with E-state index in [0.717, 1.165) is 0 Å². The second-order valence-electron chi connectivity index (χ2n) is 4.41. The van der Waals surface area contributed by atoms with Gasteiger partial charge in [0.25, 0.3) is 0 Å². The number of carboxylic acids is 1. The fourth-order valence-corrected chi connectivity index (χ4v) is 1.06. The summed E-state index contributed by atoms with van der Waals surface area (Å²) in [5.74, 6) is -5.03. The van der Waals surface area contributed by atoms with E-state index in [-0.39, 0.29) is 6.61 Å². The van der Waals surface area contributed by atoms with E-state index in [1.54, 1.807) is 20.8 Å². The molecule has 0 aliphatic rings. The van der Waals surface area contributed by atoms with Crippen LogP contribution in [0.3, 0.4) is 0 Å². The summed E-state index contributed by atoms with van der Waals surface area (Å²) in [5.41, 5.74) is -0.734. The topological polar surface area (TPSA) is 92.7 Å². The van der Waals surface area contributed by atoms with E-state index >= 15 is 0 Å². The predicted octanol–water partition coefficient (Wildman–Crippen LogP) is -0.353. The van der Waals surface area contributed by atoms with Crippen molar-refractivity contribution in [2.75, 3.05) is 6.61 Å². The molecule has 0 radical (unpaired) electrons. The first kappa shape index (κ1) is 15.4. The molecule has 0 rings (SSSR count). The molecule has 0 aromatic heterocycles. The Morgan fingerprint density at radius 1 is 1.24 bits per heavy atom. The monoisotopic (exact) mass is 245 g/mol. The molecule has 0 aromatic carbocycles. The number of esters is 2. The number of rotatable bonds is 5. The number of carbonyl (C=O) groups is 3. The van der Waals surface area contributed by atoms with Gasteiger partial charge in [0.2, 0.25) is 0 Å². The van der Waals surface area contributed by atoms with Crippen LogP contribution in [-0.4, -0.2) is 30.1 Å². The van der Waals surface area contributed by atoms with Crippen LogP contribution >= 0.6 is 0 Å². The summed E-state index contributed by atoms with van der Waals surface area (Å²) < 4.78 is 9.44. The van der Waals surface area contributed by atoms with Gasteiger partial charge in [-0.25, -0.2) is 0 Å². The average molecular weight is 245 g/mol. The van der Waals surface area contributed by atoms with E-state index in [1.807, 2.05) is 0 Å². The molecule has 0 bridgehead atoms. The minimum atomic E-state index is -1.64. The van der Waals surface area contributed by atoms with Crippen molar-refractivity contribution in [3.8, 4) is 0 Å². The maximum Gasteiger partial charge on any atom is 0.315 e. The van der Waals surface area contributed by atoms with Gasteiger partial charge < -0.3 is 19.4 Å². The Morgan fingerprint density at radius 2 is 1.76 bits per heavy atom. The minimum absolute atomic E-state index is 0.0386. The highest BCUT2D eigenvalue weighted by Gasteiger charge is 2.27. The zero-order chi connectivity index (χ0) is 13.6. The number of hydrogen-bond donors (Lipinski definition) is 0. The van der Waals surface area contributed by atoms with Gasteiger partial charge in [-0.05, 0) is 27.7 Å². The van der Waals surface area contributed by atoms with Crippen LogP contribution in [0.1, 0.15) is 34.1 Å². The minimum Gasteiger partial charge on any atom is -0.549 e. The van der Waals surface area contributed by atoms with Crippen molar-refractivity contribution < 1.29 is 29.0 Å². The fourth-order valence-electron chi connectivity index (χ4n) is 1.06. The SMILES string of the molecule is CCOC(=O)C(CC(=O)OC(C)(C)C)C(=O)[O-]. The molecule has 1 unspecified atom stereocenters. The van der Waals surface area contributed by atoms with Crippen LogP contribution in [0.15, 0.2) is 0 Å². The second kappa shape index (κ2) is 6.22. The number of carboxylic acid groups (broad SMARTS) is 1. The summed E-state index contributed by atoms with van der Waals surface area (Å²) in [6.45, 7) is 6.50. The lowest BCUT2D eigenvalue weighted by molar-refractivity contribution is -0.311. The third kappa shape index (κ3) is 6.55. The maximum atomic E-state index is 11.4. The van der Waals surface area contributed by atoms with Crippen LogP contribution in [0.4, 0.5) is 0 Å². The third-order valence-electron chi connectivity index (χ3n) is 1.65. The van der Waals surface area contributed by atoms with E-state index in [4.69, 9.17) is 4.74 Å². The van der Waals surface area contributed by atoms with E-state index in [9.17, 15) is 19.5 Å². The summed E-state index contributed by atoms with van der Waals surface area (Å²) >= 11 is 0. The number of hydrogen-bond acceptors (Lipinski definition) is 6. The fraction of sp³-hybridized carbons (Fsp3) is 0.727. The van der Waals surface area contributed by atoms with Crippen molar-refractivity contribution >= 4 is 17.9 Å². The molecule has 98 valence electrons. The summed E-state index contributed by atoms with van der Waals surface area (Å²) in [7, 11) is 0. The van der Waals surface area contributed by atoms with Crippen molar-refractivity contribution in [3.05, 3.63) is 0 Å². The van der Waals surface area contributed by atoms with Gasteiger partial charge in [0, 0.05) is 0 Å². The summed E-state index contributed by atoms with van der Waals surface area (Å²) in [5, 5.41) is 10.7. The lowest BCUT2D eigenvalue weighted by atomic mass is 10.1. The van der Waals surface area contributed by atoms with E-state index < -0.39 is 35.8 Å². The smallest absolute Gasteiger partial charge is 0.315 e. The van der Waals surface area contributed by atoms with Crippen molar-refractivity contribution in [1.82, 2.24) is 0 Å². The normalized spacial score (nSPS) is 12.7. The second-order valence-corrected chi connectivity index (χ2v) is 4.41. The first-order valence-corrected chi connectivity index (χ1v) is 5.26. The van der Waals surface area contributed by atoms with Gasteiger partial charge in [0.05, 0.1) is 19.0 Å². The Bertz CT molecular complexity index is 302. The molecule has 17 heavy (non-hydrogen) atoms. The van der Waals surface area contributed by atoms with Crippen LogP contribution in [0, 0.1) is 5.92 Å². The largest absolute Gasteiger partial charge is 0.549 e. The number of aliphatic carboxylic acids is 1. The van der Waals surface area contributed by atoms with Crippen molar-refractivity contribution in [2.45, 2.75) is 39.7 Å². The lowest BCUT2D eigenvalue weighted by Crippen LogP contribution is -2.39. The van der Waals surface area contributed by atoms with Gasteiger partial charge in [-0.2, -0.15) is 0 Å². The van der Waals surface area contributed by atoms with Gasteiger partial charge in [0.1, 0.15) is 11.5 Å². The molecular weight excluding hydrogens is 228 g/mol. The molecule has 0 aliphatic heterocycles. The Hall–Kier alpha value is -1.59. The molecule has 0 fully saturated rings. The van der Waals surface area contributed by atoms with Crippen molar-refractivity contribution in [2.24, 2.45) is 5.92 Å². The molecule has 0 aromatic rings. The summed E-state index contributed by atoms with van der Waals surface area (Å²) in [4.78, 5) is 33.3. The Kier molecular flexibility index (Phi) is 5.64. The van der Waals surface area contributed by atoms with E-state index in [1.165, 1.54) is 6.92 Å². The molecule has 1 atom stereocenters. The zero-order valence-electron chi connectivity index (χ0n) is 10.4. The molecule has 0 aliphatic carbocycles. The van der Waals surface area contributed by atoms with E-state index in [0.29, 0.717) is 0 Å². The van der Waals surface area contributed by atoms with Crippen LogP contribution in [-0.2, 0) is 23.9 Å².